The van der Waals surface area contributed by atoms with Crippen molar-refractivity contribution in [3.63, 3.8) is 0 Å². The van der Waals surface area contributed by atoms with Crippen molar-refractivity contribution < 1.29 is 23.8 Å². The lowest BCUT2D eigenvalue weighted by atomic mass is 10.1. The lowest BCUT2D eigenvalue weighted by Crippen LogP contribution is -2.31. The highest BCUT2D eigenvalue weighted by Gasteiger charge is 2.32. The molecule has 1 heterocycles. The Kier molecular flexibility index (Phi) is 8.30. The molecule has 1 fully saturated rings. The molecule has 0 saturated carbocycles. The van der Waals surface area contributed by atoms with E-state index in [0.29, 0.717) is 27.4 Å². The summed E-state index contributed by atoms with van der Waals surface area (Å²) >= 11 is 6.63. The SMILES string of the molecule is COc1ccc(/C=C/C(=O)Oc2ccc(/C=C3\SC(=S)N(CC(C)C)C3=O)cc2OC)cc1. The van der Waals surface area contributed by atoms with E-state index < -0.39 is 5.97 Å². The van der Waals surface area contributed by atoms with Gasteiger partial charge in [0, 0.05) is 12.6 Å². The molecule has 3 rings (SSSR count). The summed E-state index contributed by atoms with van der Waals surface area (Å²) in [6, 6.07) is 12.4. The van der Waals surface area contributed by atoms with Crippen LogP contribution in [0.1, 0.15) is 25.0 Å². The van der Waals surface area contributed by atoms with Crippen LogP contribution in [-0.4, -0.2) is 41.9 Å². The molecule has 6 nitrogen and oxygen atoms in total. The van der Waals surface area contributed by atoms with Gasteiger partial charge in [-0.15, -0.1) is 0 Å². The zero-order chi connectivity index (χ0) is 24.0. The molecule has 1 amide bonds. The van der Waals surface area contributed by atoms with Crippen molar-refractivity contribution >= 4 is 52.3 Å². The summed E-state index contributed by atoms with van der Waals surface area (Å²) in [4.78, 5) is 27.1. The van der Waals surface area contributed by atoms with Gasteiger partial charge in [-0.05, 0) is 53.5 Å². The van der Waals surface area contributed by atoms with Gasteiger partial charge in [0.15, 0.2) is 11.5 Å². The van der Waals surface area contributed by atoms with Crippen LogP contribution in [0.4, 0.5) is 0 Å². The first kappa shape index (κ1) is 24.5. The van der Waals surface area contributed by atoms with Gasteiger partial charge >= 0.3 is 5.97 Å². The predicted molar refractivity (Wildman–Crippen MR) is 135 cm³/mol. The third-order valence-electron chi connectivity index (χ3n) is 4.64. The zero-order valence-corrected chi connectivity index (χ0v) is 20.5. The molecule has 1 aliphatic rings. The minimum Gasteiger partial charge on any atom is -0.497 e. The van der Waals surface area contributed by atoms with Gasteiger partial charge in [-0.1, -0.05) is 56.0 Å². The van der Waals surface area contributed by atoms with Gasteiger partial charge in [-0.25, -0.2) is 4.79 Å². The molecule has 0 radical (unpaired) electrons. The molecular weight excluding hydrogens is 458 g/mol. The third-order valence-corrected chi connectivity index (χ3v) is 6.02. The maximum atomic E-state index is 12.7. The van der Waals surface area contributed by atoms with Crippen LogP contribution >= 0.6 is 24.0 Å². The van der Waals surface area contributed by atoms with Crippen LogP contribution in [-0.2, 0) is 9.59 Å². The summed E-state index contributed by atoms with van der Waals surface area (Å²) in [6.07, 6.45) is 4.76. The number of esters is 1. The Hall–Kier alpha value is -3.10. The number of thioether (sulfide) groups is 1. The fraction of sp³-hybridized carbons (Fsp3) is 0.240. The molecule has 0 N–H and O–H groups in total. The van der Waals surface area contributed by atoms with Gasteiger partial charge in [0.05, 0.1) is 19.1 Å². The highest BCUT2D eigenvalue weighted by Crippen LogP contribution is 2.35. The van der Waals surface area contributed by atoms with E-state index in [0.717, 1.165) is 16.9 Å². The molecule has 8 heteroatoms. The van der Waals surface area contributed by atoms with E-state index in [4.69, 9.17) is 26.4 Å². The molecule has 2 aromatic rings. The average molecular weight is 484 g/mol. The van der Waals surface area contributed by atoms with Crippen molar-refractivity contribution in [2.75, 3.05) is 20.8 Å². The molecule has 172 valence electrons. The number of nitrogens with zero attached hydrogens (tertiary/aromatic N) is 1. The van der Waals surface area contributed by atoms with Gasteiger partial charge in [-0.2, -0.15) is 0 Å². The van der Waals surface area contributed by atoms with Gasteiger partial charge in [0.1, 0.15) is 10.1 Å². The number of hydrogen-bond acceptors (Lipinski definition) is 7. The Bertz CT molecular complexity index is 1110. The van der Waals surface area contributed by atoms with Crippen LogP contribution in [0.25, 0.3) is 12.2 Å². The first-order chi connectivity index (χ1) is 15.8. The number of methoxy groups -OCH3 is 2. The Morgan fingerprint density at radius 2 is 1.76 bits per heavy atom. The van der Waals surface area contributed by atoms with Crippen molar-refractivity contribution in [2.24, 2.45) is 5.92 Å². The molecular formula is C25H25NO5S2. The lowest BCUT2D eigenvalue weighted by molar-refractivity contribution is -0.129. The van der Waals surface area contributed by atoms with E-state index in [1.165, 1.54) is 24.9 Å². The number of hydrogen-bond donors (Lipinski definition) is 0. The molecule has 0 aromatic heterocycles. The second-order valence-corrected chi connectivity index (χ2v) is 9.30. The molecule has 1 saturated heterocycles. The molecule has 0 atom stereocenters. The predicted octanol–water partition coefficient (Wildman–Crippen LogP) is 5.18. The van der Waals surface area contributed by atoms with E-state index in [9.17, 15) is 9.59 Å². The second-order valence-electron chi connectivity index (χ2n) is 7.62. The maximum absolute atomic E-state index is 12.7. The van der Waals surface area contributed by atoms with Crippen molar-refractivity contribution in [2.45, 2.75) is 13.8 Å². The summed E-state index contributed by atoms with van der Waals surface area (Å²) in [5, 5.41) is 0. The summed E-state index contributed by atoms with van der Waals surface area (Å²) in [5.41, 5.74) is 1.58. The highest BCUT2D eigenvalue weighted by atomic mass is 32.2. The largest absolute Gasteiger partial charge is 0.497 e. The van der Waals surface area contributed by atoms with E-state index in [-0.39, 0.29) is 11.7 Å². The van der Waals surface area contributed by atoms with Crippen LogP contribution < -0.4 is 14.2 Å². The summed E-state index contributed by atoms with van der Waals surface area (Å²) in [6.45, 7) is 4.67. The van der Waals surface area contributed by atoms with Gasteiger partial charge in [0.25, 0.3) is 5.91 Å². The van der Waals surface area contributed by atoms with Crippen molar-refractivity contribution in [3.05, 3.63) is 64.6 Å². The van der Waals surface area contributed by atoms with Gasteiger partial charge < -0.3 is 14.2 Å². The number of rotatable bonds is 8. The first-order valence-corrected chi connectivity index (χ1v) is 11.5. The van der Waals surface area contributed by atoms with Crippen molar-refractivity contribution in [1.82, 2.24) is 4.90 Å². The Labute approximate surface area is 203 Å². The Morgan fingerprint density at radius 1 is 1.06 bits per heavy atom. The normalized spacial score (nSPS) is 15.1. The number of thiocarbonyl (C=S) groups is 1. The first-order valence-electron chi connectivity index (χ1n) is 10.3. The number of carbonyl (C=O) groups excluding carboxylic acids is 2. The quantitative estimate of drug-likeness (QED) is 0.222. The van der Waals surface area contributed by atoms with Gasteiger partial charge in [-0.3, -0.25) is 9.69 Å². The fourth-order valence-corrected chi connectivity index (χ4v) is 4.33. The molecule has 0 spiro atoms. The van der Waals surface area contributed by atoms with Crippen molar-refractivity contribution in [1.29, 1.82) is 0 Å². The minimum atomic E-state index is -0.536. The van der Waals surface area contributed by atoms with Crippen LogP contribution in [0.5, 0.6) is 17.2 Å². The zero-order valence-electron chi connectivity index (χ0n) is 18.9. The smallest absolute Gasteiger partial charge is 0.336 e. The van der Waals surface area contributed by atoms with E-state index in [1.54, 1.807) is 42.4 Å². The Balaban J connectivity index is 1.71. The third kappa shape index (κ3) is 6.46. The van der Waals surface area contributed by atoms with Crippen molar-refractivity contribution in [3.8, 4) is 17.2 Å². The second kappa shape index (κ2) is 11.2. The van der Waals surface area contributed by atoms with E-state index >= 15 is 0 Å². The van der Waals surface area contributed by atoms with Crippen LogP contribution in [0.3, 0.4) is 0 Å². The number of carbonyl (C=O) groups is 2. The van der Waals surface area contributed by atoms with E-state index in [1.807, 2.05) is 38.1 Å². The van der Waals surface area contributed by atoms with Crippen LogP contribution in [0.2, 0.25) is 0 Å². The fourth-order valence-electron chi connectivity index (χ4n) is 3.05. The Morgan fingerprint density at radius 3 is 2.39 bits per heavy atom. The monoisotopic (exact) mass is 483 g/mol. The number of amides is 1. The molecule has 2 aromatic carbocycles. The average Bonchev–Trinajstić information content (AvgIpc) is 3.05. The topological polar surface area (TPSA) is 65.1 Å². The molecule has 0 unspecified atom stereocenters. The lowest BCUT2D eigenvalue weighted by Gasteiger charge is -2.16. The minimum absolute atomic E-state index is 0.100. The standard InChI is InChI=1S/C25H25NO5S2/c1-16(2)15-26-24(28)22(33-25(26)32)14-18-7-11-20(21(13-18)30-4)31-23(27)12-8-17-5-9-19(29-3)10-6-17/h5-14,16H,15H2,1-4H3/b12-8+,22-14-. The maximum Gasteiger partial charge on any atom is 0.336 e. The molecule has 0 aliphatic carbocycles. The van der Waals surface area contributed by atoms with Gasteiger partial charge in [0.2, 0.25) is 0 Å². The molecule has 1 aliphatic heterocycles. The molecule has 0 bridgehead atoms. The number of benzene rings is 2. The van der Waals surface area contributed by atoms with E-state index in [2.05, 4.69) is 0 Å². The highest BCUT2D eigenvalue weighted by molar-refractivity contribution is 8.26. The van der Waals surface area contributed by atoms with Crippen LogP contribution in [0, 0.1) is 5.92 Å². The summed E-state index contributed by atoms with van der Waals surface area (Å²) in [5.74, 6) is 1.09. The number of ether oxygens (including phenoxy) is 3. The van der Waals surface area contributed by atoms with Crippen LogP contribution in [0.15, 0.2) is 53.4 Å². The summed E-state index contributed by atoms with van der Waals surface area (Å²) < 4.78 is 16.5. The molecule has 33 heavy (non-hydrogen) atoms. The summed E-state index contributed by atoms with van der Waals surface area (Å²) in [7, 11) is 3.09.